The highest BCUT2D eigenvalue weighted by atomic mass is 32.2. The molecule has 8 nitrogen and oxygen atoms in total. The summed E-state index contributed by atoms with van der Waals surface area (Å²) in [5.41, 5.74) is 1.70. The van der Waals surface area contributed by atoms with Crippen LogP contribution in [0.5, 0.6) is 0 Å². The SMILES string of the molecule is O=C(NCCc1ccc(NS(=O)(=O)c2ccc([N+](=O)[O-])cc2)cc1)c1ccc2ccccc2c1. The van der Waals surface area contributed by atoms with Crippen molar-refractivity contribution in [1.29, 1.82) is 0 Å². The number of nitro benzene ring substituents is 1. The molecule has 0 aromatic heterocycles. The number of nitro groups is 1. The molecule has 0 fully saturated rings. The number of hydrogen-bond acceptors (Lipinski definition) is 5. The van der Waals surface area contributed by atoms with Gasteiger partial charge in [-0.3, -0.25) is 19.6 Å². The number of fused-ring (bicyclic) bond motifs is 1. The number of carbonyl (C=O) groups is 1. The monoisotopic (exact) mass is 475 g/mol. The van der Waals surface area contributed by atoms with E-state index in [4.69, 9.17) is 0 Å². The van der Waals surface area contributed by atoms with Gasteiger partial charge in [0.15, 0.2) is 0 Å². The summed E-state index contributed by atoms with van der Waals surface area (Å²) in [6, 6.07) is 24.9. The molecule has 2 N–H and O–H groups in total. The van der Waals surface area contributed by atoms with Crippen molar-refractivity contribution < 1.29 is 18.1 Å². The van der Waals surface area contributed by atoms with Gasteiger partial charge < -0.3 is 5.32 Å². The lowest BCUT2D eigenvalue weighted by molar-refractivity contribution is -0.384. The molecule has 1 amide bonds. The van der Waals surface area contributed by atoms with E-state index < -0.39 is 14.9 Å². The van der Waals surface area contributed by atoms with Crippen LogP contribution in [-0.4, -0.2) is 25.8 Å². The zero-order valence-corrected chi connectivity index (χ0v) is 18.8. The number of non-ortho nitro benzene ring substituents is 1. The van der Waals surface area contributed by atoms with E-state index in [0.29, 0.717) is 24.2 Å². The first-order valence-corrected chi connectivity index (χ1v) is 11.9. The second-order valence-corrected chi connectivity index (χ2v) is 9.30. The van der Waals surface area contributed by atoms with Crippen LogP contribution >= 0.6 is 0 Å². The first kappa shape index (κ1) is 22.9. The van der Waals surface area contributed by atoms with Gasteiger partial charge in [0.05, 0.1) is 9.82 Å². The lowest BCUT2D eigenvalue weighted by Crippen LogP contribution is -2.25. The highest BCUT2D eigenvalue weighted by Crippen LogP contribution is 2.20. The fourth-order valence-electron chi connectivity index (χ4n) is 3.45. The lowest BCUT2D eigenvalue weighted by atomic mass is 10.1. The zero-order chi connectivity index (χ0) is 24.1. The normalized spacial score (nSPS) is 11.2. The summed E-state index contributed by atoms with van der Waals surface area (Å²) in [7, 11) is -3.87. The van der Waals surface area contributed by atoms with Crippen molar-refractivity contribution in [3.63, 3.8) is 0 Å². The lowest BCUT2D eigenvalue weighted by Gasteiger charge is -2.10. The van der Waals surface area contributed by atoms with Gasteiger partial charge in [-0.2, -0.15) is 0 Å². The van der Waals surface area contributed by atoms with E-state index in [0.717, 1.165) is 28.5 Å². The van der Waals surface area contributed by atoms with E-state index in [1.807, 2.05) is 36.4 Å². The van der Waals surface area contributed by atoms with Crippen LogP contribution in [0.25, 0.3) is 10.8 Å². The fraction of sp³-hybridized carbons (Fsp3) is 0.0800. The van der Waals surface area contributed by atoms with Crippen molar-refractivity contribution in [2.24, 2.45) is 0 Å². The Morgan fingerprint density at radius 3 is 2.21 bits per heavy atom. The van der Waals surface area contributed by atoms with E-state index in [-0.39, 0.29) is 16.5 Å². The van der Waals surface area contributed by atoms with Gasteiger partial charge in [-0.05, 0) is 59.2 Å². The number of amides is 1. The van der Waals surface area contributed by atoms with Crippen LogP contribution in [-0.2, 0) is 16.4 Å². The van der Waals surface area contributed by atoms with E-state index in [2.05, 4.69) is 10.0 Å². The minimum atomic E-state index is -3.87. The number of hydrogen-bond donors (Lipinski definition) is 2. The highest BCUT2D eigenvalue weighted by molar-refractivity contribution is 7.92. The highest BCUT2D eigenvalue weighted by Gasteiger charge is 2.16. The number of rotatable bonds is 8. The molecule has 0 radical (unpaired) electrons. The molecule has 4 rings (SSSR count). The summed E-state index contributed by atoms with van der Waals surface area (Å²) in [4.78, 5) is 22.5. The molecule has 9 heteroatoms. The smallest absolute Gasteiger partial charge is 0.269 e. The summed E-state index contributed by atoms with van der Waals surface area (Å²) in [6.07, 6.45) is 0.578. The summed E-state index contributed by atoms with van der Waals surface area (Å²) < 4.78 is 27.5. The molecule has 0 heterocycles. The molecule has 0 aliphatic heterocycles. The molecule has 4 aromatic rings. The van der Waals surface area contributed by atoms with Gasteiger partial charge >= 0.3 is 0 Å². The predicted molar refractivity (Wildman–Crippen MR) is 130 cm³/mol. The fourth-order valence-corrected chi connectivity index (χ4v) is 4.51. The summed E-state index contributed by atoms with van der Waals surface area (Å²) in [5, 5.41) is 15.7. The maximum atomic E-state index is 12.5. The largest absolute Gasteiger partial charge is 0.352 e. The predicted octanol–water partition coefficient (Wildman–Crippen LogP) is 4.52. The quantitative estimate of drug-likeness (QED) is 0.287. The van der Waals surface area contributed by atoms with Crippen LogP contribution in [0.3, 0.4) is 0 Å². The molecule has 0 aliphatic carbocycles. The molecule has 34 heavy (non-hydrogen) atoms. The summed E-state index contributed by atoms with van der Waals surface area (Å²) in [5.74, 6) is -0.154. The van der Waals surface area contributed by atoms with Crippen molar-refractivity contribution in [2.75, 3.05) is 11.3 Å². The Kier molecular flexibility index (Phi) is 6.55. The molecule has 0 atom stereocenters. The van der Waals surface area contributed by atoms with Gasteiger partial charge in [0, 0.05) is 29.9 Å². The van der Waals surface area contributed by atoms with Gasteiger partial charge in [-0.15, -0.1) is 0 Å². The van der Waals surface area contributed by atoms with E-state index in [9.17, 15) is 23.3 Å². The number of benzene rings is 4. The molecule has 172 valence electrons. The van der Waals surface area contributed by atoms with Crippen LogP contribution in [0.2, 0.25) is 0 Å². The molecule has 0 saturated carbocycles. The van der Waals surface area contributed by atoms with Crippen LogP contribution in [0.4, 0.5) is 11.4 Å². The molecular weight excluding hydrogens is 454 g/mol. The van der Waals surface area contributed by atoms with Crippen molar-refractivity contribution >= 4 is 38.1 Å². The molecule has 0 saturated heterocycles. The van der Waals surface area contributed by atoms with E-state index in [1.54, 1.807) is 30.3 Å². The first-order chi connectivity index (χ1) is 16.3. The Labute approximate surface area is 196 Å². The van der Waals surface area contributed by atoms with Crippen LogP contribution in [0, 0.1) is 10.1 Å². The van der Waals surface area contributed by atoms with Gasteiger partial charge in [0.2, 0.25) is 0 Å². The third-order valence-corrected chi connectivity index (χ3v) is 6.67. The Morgan fingerprint density at radius 2 is 1.53 bits per heavy atom. The van der Waals surface area contributed by atoms with Crippen LogP contribution < -0.4 is 10.0 Å². The first-order valence-electron chi connectivity index (χ1n) is 10.4. The molecule has 0 bridgehead atoms. The Bertz CT molecular complexity index is 1450. The third-order valence-electron chi connectivity index (χ3n) is 5.27. The molecular formula is C25H21N3O5S. The van der Waals surface area contributed by atoms with Gasteiger partial charge in [0.1, 0.15) is 0 Å². The number of nitrogens with one attached hydrogen (secondary N) is 2. The second-order valence-electron chi connectivity index (χ2n) is 7.62. The number of nitrogens with zero attached hydrogens (tertiary/aromatic N) is 1. The Balaban J connectivity index is 1.32. The third kappa shape index (κ3) is 5.38. The standard InChI is InChI=1S/C25H21N3O5S/c29-25(21-8-7-19-3-1-2-4-20(19)17-21)26-16-15-18-5-9-22(10-6-18)27-34(32,33)24-13-11-23(12-14-24)28(30)31/h1-14,17,27H,15-16H2,(H,26,29). The van der Waals surface area contributed by atoms with Crippen LogP contribution in [0.15, 0.2) is 95.9 Å². The summed E-state index contributed by atoms with van der Waals surface area (Å²) >= 11 is 0. The van der Waals surface area contributed by atoms with Gasteiger partial charge in [-0.25, -0.2) is 8.42 Å². The number of carbonyl (C=O) groups excluding carboxylic acids is 1. The maximum absolute atomic E-state index is 12.5. The molecule has 4 aromatic carbocycles. The van der Waals surface area contributed by atoms with Gasteiger partial charge in [-0.1, -0.05) is 42.5 Å². The van der Waals surface area contributed by atoms with Crippen molar-refractivity contribution in [2.45, 2.75) is 11.3 Å². The van der Waals surface area contributed by atoms with Crippen molar-refractivity contribution in [1.82, 2.24) is 5.32 Å². The van der Waals surface area contributed by atoms with Crippen molar-refractivity contribution in [3.8, 4) is 0 Å². The molecule has 0 unspecified atom stereocenters. The Hall–Kier alpha value is -4.24. The second kappa shape index (κ2) is 9.72. The number of sulfonamides is 1. The minimum Gasteiger partial charge on any atom is -0.352 e. The summed E-state index contributed by atoms with van der Waals surface area (Å²) in [6.45, 7) is 0.430. The maximum Gasteiger partial charge on any atom is 0.269 e. The average molecular weight is 476 g/mol. The number of anilines is 1. The minimum absolute atomic E-state index is 0.0708. The van der Waals surface area contributed by atoms with Gasteiger partial charge in [0.25, 0.3) is 21.6 Å². The van der Waals surface area contributed by atoms with Crippen LogP contribution in [0.1, 0.15) is 15.9 Å². The van der Waals surface area contributed by atoms with E-state index in [1.165, 1.54) is 12.1 Å². The van der Waals surface area contributed by atoms with Crippen molar-refractivity contribution in [3.05, 3.63) is 112 Å². The molecule has 0 spiro atoms. The Morgan fingerprint density at radius 1 is 0.853 bits per heavy atom. The van der Waals surface area contributed by atoms with E-state index >= 15 is 0 Å². The zero-order valence-electron chi connectivity index (χ0n) is 18.0. The topological polar surface area (TPSA) is 118 Å². The molecule has 0 aliphatic rings. The average Bonchev–Trinajstić information content (AvgIpc) is 2.84.